The predicted molar refractivity (Wildman–Crippen MR) is 99.5 cm³/mol. The summed E-state index contributed by atoms with van der Waals surface area (Å²) in [4.78, 5) is 13.4. The van der Waals surface area contributed by atoms with Gasteiger partial charge in [-0.1, -0.05) is 50.2 Å². The van der Waals surface area contributed by atoms with Crippen LogP contribution in [0, 0.1) is 5.92 Å². The summed E-state index contributed by atoms with van der Waals surface area (Å²) in [7, 11) is 0. The summed E-state index contributed by atoms with van der Waals surface area (Å²) in [5.41, 5.74) is 0. The summed E-state index contributed by atoms with van der Waals surface area (Å²) >= 11 is 1.66. The highest BCUT2D eigenvalue weighted by Gasteiger charge is 2.19. The number of amides is 1. The normalized spacial score (nSPS) is 12.3. The number of nitrogens with one attached hydrogen (secondary N) is 1. The summed E-state index contributed by atoms with van der Waals surface area (Å²) in [5, 5.41) is 7.37. The zero-order valence-corrected chi connectivity index (χ0v) is 14.7. The Morgan fingerprint density at radius 1 is 1.08 bits per heavy atom. The molecule has 1 aromatic heterocycles. The molecule has 1 N–H and O–H groups in total. The molecule has 0 fully saturated rings. The van der Waals surface area contributed by atoms with Gasteiger partial charge in [0.05, 0.1) is 6.04 Å². The molecule has 0 bridgehead atoms. The first-order valence-electron chi connectivity index (χ1n) is 8.08. The molecule has 0 unspecified atom stereocenters. The standard InChI is InChI=1S/C20H21NO2S/c1-14(2)20(18-8-5-11-24-18)21-19(22)13-23-17-10-9-15-6-3-4-7-16(15)12-17/h3-12,14,20H,13H2,1-2H3,(H,21,22)/t20-/m0/s1. The van der Waals surface area contributed by atoms with E-state index in [0.29, 0.717) is 11.7 Å². The maximum Gasteiger partial charge on any atom is 0.258 e. The fourth-order valence-corrected chi connectivity index (χ4v) is 3.60. The third-order valence-corrected chi connectivity index (χ3v) is 4.88. The number of rotatable bonds is 6. The van der Waals surface area contributed by atoms with E-state index < -0.39 is 0 Å². The van der Waals surface area contributed by atoms with Gasteiger partial charge in [-0.05, 0) is 40.3 Å². The summed E-state index contributed by atoms with van der Waals surface area (Å²) in [5.74, 6) is 0.935. The Morgan fingerprint density at radius 2 is 1.88 bits per heavy atom. The van der Waals surface area contributed by atoms with Crippen molar-refractivity contribution in [3.63, 3.8) is 0 Å². The Hall–Kier alpha value is -2.33. The van der Waals surface area contributed by atoms with Crippen LogP contribution >= 0.6 is 11.3 Å². The van der Waals surface area contributed by atoms with Crippen LogP contribution in [0.25, 0.3) is 10.8 Å². The van der Waals surface area contributed by atoms with E-state index in [9.17, 15) is 4.79 Å². The minimum Gasteiger partial charge on any atom is -0.484 e. The highest BCUT2D eigenvalue weighted by atomic mass is 32.1. The van der Waals surface area contributed by atoms with Crippen LogP contribution in [0.5, 0.6) is 5.75 Å². The van der Waals surface area contributed by atoms with Crippen molar-refractivity contribution in [1.29, 1.82) is 0 Å². The van der Waals surface area contributed by atoms with Gasteiger partial charge >= 0.3 is 0 Å². The highest BCUT2D eigenvalue weighted by molar-refractivity contribution is 7.10. The lowest BCUT2D eigenvalue weighted by atomic mass is 10.0. The maximum absolute atomic E-state index is 12.3. The minimum absolute atomic E-state index is 0.0208. The third kappa shape index (κ3) is 3.95. The lowest BCUT2D eigenvalue weighted by Crippen LogP contribution is -2.34. The Kier molecular flexibility index (Phi) is 5.16. The van der Waals surface area contributed by atoms with Crippen LogP contribution < -0.4 is 10.1 Å². The minimum atomic E-state index is -0.102. The van der Waals surface area contributed by atoms with Gasteiger partial charge in [-0.2, -0.15) is 0 Å². The van der Waals surface area contributed by atoms with Crippen molar-refractivity contribution in [3.8, 4) is 5.75 Å². The summed E-state index contributed by atoms with van der Waals surface area (Å²) in [6.45, 7) is 4.23. The van der Waals surface area contributed by atoms with Crippen LogP contribution in [0.1, 0.15) is 24.8 Å². The number of ether oxygens (including phenoxy) is 1. The van der Waals surface area contributed by atoms with Crippen molar-refractivity contribution < 1.29 is 9.53 Å². The molecular formula is C20H21NO2S. The SMILES string of the molecule is CC(C)[C@H](NC(=O)COc1ccc2ccccc2c1)c1cccs1. The van der Waals surface area contributed by atoms with Gasteiger partial charge in [0.1, 0.15) is 5.75 Å². The molecule has 0 aliphatic rings. The van der Waals surface area contributed by atoms with Crippen molar-refractivity contribution >= 4 is 28.0 Å². The number of carbonyl (C=O) groups is 1. The van der Waals surface area contributed by atoms with Gasteiger partial charge in [-0.3, -0.25) is 4.79 Å². The number of carbonyl (C=O) groups excluding carboxylic acids is 1. The van der Waals surface area contributed by atoms with Gasteiger partial charge in [0.15, 0.2) is 6.61 Å². The Balaban J connectivity index is 1.61. The van der Waals surface area contributed by atoms with E-state index in [4.69, 9.17) is 4.74 Å². The number of fused-ring (bicyclic) bond motifs is 1. The fourth-order valence-electron chi connectivity index (χ4n) is 2.66. The zero-order chi connectivity index (χ0) is 16.9. The van der Waals surface area contributed by atoms with Gasteiger partial charge in [-0.25, -0.2) is 0 Å². The second kappa shape index (κ2) is 7.49. The molecule has 0 saturated carbocycles. The Labute approximate surface area is 146 Å². The van der Waals surface area contributed by atoms with Crippen molar-refractivity contribution in [2.75, 3.05) is 6.61 Å². The second-order valence-corrected chi connectivity index (χ2v) is 7.08. The molecule has 1 atom stereocenters. The fraction of sp³-hybridized carbons (Fsp3) is 0.250. The molecule has 124 valence electrons. The molecule has 2 aromatic carbocycles. The van der Waals surface area contributed by atoms with Crippen LogP contribution in [-0.4, -0.2) is 12.5 Å². The van der Waals surface area contributed by atoms with E-state index in [0.717, 1.165) is 10.8 Å². The van der Waals surface area contributed by atoms with Crippen molar-refractivity contribution in [2.45, 2.75) is 19.9 Å². The Bertz CT molecular complexity index is 811. The molecule has 3 aromatic rings. The summed E-state index contributed by atoms with van der Waals surface area (Å²) in [6, 6.07) is 18.0. The number of hydrogen-bond acceptors (Lipinski definition) is 3. The van der Waals surface area contributed by atoms with Gasteiger partial charge < -0.3 is 10.1 Å². The van der Waals surface area contributed by atoms with Crippen molar-refractivity contribution in [2.24, 2.45) is 5.92 Å². The average Bonchev–Trinajstić information content (AvgIpc) is 3.11. The molecular weight excluding hydrogens is 318 g/mol. The van der Waals surface area contributed by atoms with Crippen LogP contribution in [0.2, 0.25) is 0 Å². The molecule has 0 aliphatic carbocycles. The van der Waals surface area contributed by atoms with Gasteiger partial charge in [0.25, 0.3) is 5.91 Å². The molecule has 3 rings (SSSR count). The monoisotopic (exact) mass is 339 g/mol. The van der Waals surface area contributed by atoms with E-state index in [-0.39, 0.29) is 18.6 Å². The summed E-state index contributed by atoms with van der Waals surface area (Å²) in [6.07, 6.45) is 0. The van der Waals surface area contributed by atoms with Crippen LogP contribution in [0.4, 0.5) is 0 Å². The van der Waals surface area contributed by atoms with E-state index in [1.807, 2.05) is 47.8 Å². The Morgan fingerprint density at radius 3 is 2.58 bits per heavy atom. The number of benzene rings is 2. The quantitative estimate of drug-likeness (QED) is 0.701. The number of hydrogen-bond donors (Lipinski definition) is 1. The largest absolute Gasteiger partial charge is 0.484 e. The molecule has 4 heteroatoms. The molecule has 1 amide bonds. The topological polar surface area (TPSA) is 38.3 Å². The molecule has 0 saturated heterocycles. The summed E-state index contributed by atoms with van der Waals surface area (Å²) < 4.78 is 5.67. The zero-order valence-electron chi connectivity index (χ0n) is 13.9. The predicted octanol–water partition coefficient (Wildman–Crippen LogP) is 4.79. The van der Waals surface area contributed by atoms with Gasteiger partial charge in [0, 0.05) is 4.88 Å². The molecule has 0 radical (unpaired) electrons. The molecule has 0 aliphatic heterocycles. The average molecular weight is 339 g/mol. The van der Waals surface area contributed by atoms with Gasteiger partial charge in [-0.15, -0.1) is 11.3 Å². The van der Waals surface area contributed by atoms with E-state index >= 15 is 0 Å². The van der Waals surface area contributed by atoms with E-state index in [2.05, 4.69) is 31.3 Å². The molecule has 24 heavy (non-hydrogen) atoms. The smallest absolute Gasteiger partial charge is 0.258 e. The second-order valence-electron chi connectivity index (χ2n) is 6.10. The third-order valence-electron chi connectivity index (χ3n) is 3.92. The first kappa shape index (κ1) is 16.5. The van der Waals surface area contributed by atoms with Crippen LogP contribution in [0.15, 0.2) is 60.0 Å². The maximum atomic E-state index is 12.3. The van der Waals surface area contributed by atoms with E-state index in [1.54, 1.807) is 11.3 Å². The first-order valence-corrected chi connectivity index (χ1v) is 8.96. The highest BCUT2D eigenvalue weighted by Crippen LogP contribution is 2.26. The lowest BCUT2D eigenvalue weighted by molar-refractivity contribution is -0.124. The van der Waals surface area contributed by atoms with Gasteiger partial charge in [0.2, 0.25) is 0 Å². The van der Waals surface area contributed by atoms with E-state index in [1.165, 1.54) is 4.88 Å². The molecule has 0 spiro atoms. The van der Waals surface area contributed by atoms with Crippen molar-refractivity contribution in [1.82, 2.24) is 5.32 Å². The molecule has 3 nitrogen and oxygen atoms in total. The lowest BCUT2D eigenvalue weighted by Gasteiger charge is -2.21. The molecule has 1 heterocycles. The number of thiophene rings is 1. The van der Waals surface area contributed by atoms with Crippen LogP contribution in [-0.2, 0) is 4.79 Å². The first-order chi connectivity index (χ1) is 11.6. The van der Waals surface area contributed by atoms with Crippen LogP contribution in [0.3, 0.4) is 0 Å². The van der Waals surface area contributed by atoms with Crippen molar-refractivity contribution in [3.05, 3.63) is 64.9 Å².